The van der Waals surface area contributed by atoms with Gasteiger partial charge in [0.15, 0.2) is 0 Å². The van der Waals surface area contributed by atoms with Gasteiger partial charge in [-0.05, 0) is 18.8 Å². The van der Waals surface area contributed by atoms with E-state index in [1.165, 1.54) is 24.8 Å². The first-order valence-corrected chi connectivity index (χ1v) is 4.38. The van der Waals surface area contributed by atoms with Crippen LogP contribution in [0.5, 0.6) is 0 Å². The lowest BCUT2D eigenvalue weighted by molar-refractivity contribution is 0.0728. The molecule has 0 aromatic heterocycles. The average molecular weight is 147 g/mol. The molecular weight excluding hydrogens is 134 g/mol. The van der Waals surface area contributed by atoms with Crippen molar-refractivity contribution in [2.24, 2.45) is 11.1 Å². The molecule has 0 aromatic rings. The molecule has 1 fully saturated rings. The van der Waals surface area contributed by atoms with Crippen LogP contribution in [0.3, 0.4) is 0 Å². The standard InChI is InChI=1S/C6H13NOS/c7-9-5-6-1-3-8-4-2-6/h6H,1-5,7H2. The average Bonchev–Trinajstić information content (AvgIpc) is 1.91. The largest absolute Gasteiger partial charge is 0.381 e. The van der Waals surface area contributed by atoms with Crippen molar-refractivity contribution < 1.29 is 4.74 Å². The molecular formula is C6H13NOS. The molecule has 1 saturated heterocycles. The normalized spacial score (nSPS) is 22.3. The van der Waals surface area contributed by atoms with Gasteiger partial charge in [-0.3, -0.25) is 5.14 Å². The molecule has 0 unspecified atom stereocenters. The minimum Gasteiger partial charge on any atom is -0.381 e. The number of ether oxygens (including phenoxy) is 1. The van der Waals surface area contributed by atoms with E-state index in [4.69, 9.17) is 9.88 Å². The summed E-state index contributed by atoms with van der Waals surface area (Å²) in [5.41, 5.74) is 0. The van der Waals surface area contributed by atoms with E-state index in [9.17, 15) is 0 Å². The van der Waals surface area contributed by atoms with Crippen LogP contribution in [0.15, 0.2) is 0 Å². The zero-order valence-corrected chi connectivity index (χ0v) is 6.32. The molecule has 0 aromatic carbocycles. The fraction of sp³-hybridized carbons (Fsp3) is 1.00. The second kappa shape index (κ2) is 4.14. The molecule has 0 saturated carbocycles. The van der Waals surface area contributed by atoms with Crippen LogP contribution in [0.2, 0.25) is 0 Å². The SMILES string of the molecule is NSCC1CCOCC1. The molecule has 2 N–H and O–H groups in total. The maximum absolute atomic E-state index is 5.34. The van der Waals surface area contributed by atoms with Gasteiger partial charge in [-0.1, -0.05) is 11.9 Å². The molecule has 1 rings (SSSR count). The quantitative estimate of drug-likeness (QED) is 0.592. The predicted molar refractivity (Wildman–Crippen MR) is 40.2 cm³/mol. The highest BCUT2D eigenvalue weighted by Gasteiger charge is 2.12. The molecule has 9 heavy (non-hydrogen) atoms. The Balaban J connectivity index is 2.08. The van der Waals surface area contributed by atoms with Crippen molar-refractivity contribution >= 4 is 11.9 Å². The van der Waals surface area contributed by atoms with Gasteiger partial charge in [0.05, 0.1) is 0 Å². The number of nitrogens with two attached hydrogens (primary N) is 1. The second-order valence-corrected chi connectivity index (χ2v) is 3.06. The Bertz CT molecular complexity index is 70.7. The van der Waals surface area contributed by atoms with E-state index in [1.54, 1.807) is 0 Å². The van der Waals surface area contributed by atoms with E-state index in [0.717, 1.165) is 24.9 Å². The van der Waals surface area contributed by atoms with E-state index in [1.807, 2.05) is 0 Å². The van der Waals surface area contributed by atoms with E-state index in [2.05, 4.69) is 0 Å². The molecule has 54 valence electrons. The lowest BCUT2D eigenvalue weighted by Crippen LogP contribution is -2.17. The van der Waals surface area contributed by atoms with Gasteiger partial charge in [0, 0.05) is 19.0 Å². The van der Waals surface area contributed by atoms with Crippen LogP contribution in [0.1, 0.15) is 12.8 Å². The van der Waals surface area contributed by atoms with Crippen LogP contribution in [-0.4, -0.2) is 19.0 Å². The molecule has 0 amide bonds. The van der Waals surface area contributed by atoms with Crippen LogP contribution < -0.4 is 5.14 Å². The maximum atomic E-state index is 5.34. The Kier molecular flexibility index (Phi) is 3.40. The predicted octanol–water partition coefficient (Wildman–Crippen LogP) is 1.02. The van der Waals surface area contributed by atoms with E-state index in [0.29, 0.717) is 0 Å². The topological polar surface area (TPSA) is 35.2 Å². The molecule has 3 heteroatoms. The fourth-order valence-electron chi connectivity index (χ4n) is 1.05. The molecule has 0 aliphatic carbocycles. The summed E-state index contributed by atoms with van der Waals surface area (Å²) in [4.78, 5) is 0. The van der Waals surface area contributed by atoms with Crippen LogP contribution >= 0.6 is 11.9 Å². The molecule has 1 aliphatic heterocycles. The third-order valence-corrected chi connectivity index (χ3v) is 2.34. The van der Waals surface area contributed by atoms with E-state index in [-0.39, 0.29) is 0 Å². The maximum Gasteiger partial charge on any atom is 0.0468 e. The van der Waals surface area contributed by atoms with Crippen LogP contribution in [-0.2, 0) is 4.74 Å². The van der Waals surface area contributed by atoms with Crippen molar-refractivity contribution in [3.05, 3.63) is 0 Å². The Morgan fingerprint density at radius 3 is 2.67 bits per heavy atom. The van der Waals surface area contributed by atoms with Crippen molar-refractivity contribution in [3.63, 3.8) is 0 Å². The lowest BCUT2D eigenvalue weighted by Gasteiger charge is -2.20. The first-order chi connectivity index (χ1) is 4.43. The highest BCUT2D eigenvalue weighted by molar-refractivity contribution is 7.97. The summed E-state index contributed by atoms with van der Waals surface area (Å²) in [7, 11) is 0. The highest BCUT2D eigenvalue weighted by atomic mass is 32.2. The Labute approximate surface area is 60.3 Å². The summed E-state index contributed by atoms with van der Waals surface area (Å²) in [5, 5.41) is 5.34. The molecule has 1 aliphatic rings. The Morgan fingerprint density at radius 1 is 1.44 bits per heavy atom. The van der Waals surface area contributed by atoms with E-state index >= 15 is 0 Å². The number of rotatable bonds is 2. The smallest absolute Gasteiger partial charge is 0.0468 e. The van der Waals surface area contributed by atoms with Gasteiger partial charge < -0.3 is 4.74 Å². The van der Waals surface area contributed by atoms with Crippen molar-refractivity contribution in [3.8, 4) is 0 Å². The molecule has 1 heterocycles. The molecule has 0 atom stereocenters. The van der Waals surface area contributed by atoms with Gasteiger partial charge in [-0.25, -0.2) is 0 Å². The highest BCUT2D eigenvalue weighted by Crippen LogP contribution is 2.16. The second-order valence-electron chi connectivity index (χ2n) is 2.39. The zero-order valence-electron chi connectivity index (χ0n) is 5.51. The molecule has 0 bridgehead atoms. The first-order valence-electron chi connectivity index (χ1n) is 3.33. The molecule has 2 nitrogen and oxygen atoms in total. The van der Waals surface area contributed by atoms with Crippen molar-refractivity contribution in [2.45, 2.75) is 12.8 Å². The van der Waals surface area contributed by atoms with Gasteiger partial charge in [-0.15, -0.1) is 0 Å². The number of hydrogen-bond acceptors (Lipinski definition) is 3. The Morgan fingerprint density at radius 2 is 2.11 bits per heavy atom. The zero-order chi connectivity index (χ0) is 6.53. The third kappa shape index (κ3) is 2.56. The van der Waals surface area contributed by atoms with E-state index < -0.39 is 0 Å². The summed E-state index contributed by atoms with van der Waals surface area (Å²) in [5.74, 6) is 1.91. The van der Waals surface area contributed by atoms with Crippen LogP contribution in [0.4, 0.5) is 0 Å². The lowest BCUT2D eigenvalue weighted by atomic mass is 10.0. The summed E-state index contributed by atoms with van der Waals surface area (Å²) >= 11 is 1.45. The fourth-order valence-corrected chi connectivity index (χ4v) is 1.65. The summed E-state index contributed by atoms with van der Waals surface area (Å²) in [6.45, 7) is 1.87. The van der Waals surface area contributed by atoms with Gasteiger partial charge in [0.25, 0.3) is 0 Å². The van der Waals surface area contributed by atoms with Crippen molar-refractivity contribution in [2.75, 3.05) is 19.0 Å². The minimum absolute atomic E-state index is 0.814. The summed E-state index contributed by atoms with van der Waals surface area (Å²) in [6.07, 6.45) is 2.40. The van der Waals surface area contributed by atoms with Gasteiger partial charge >= 0.3 is 0 Å². The first kappa shape index (κ1) is 7.38. The number of hydrogen-bond donors (Lipinski definition) is 1. The van der Waals surface area contributed by atoms with Crippen molar-refractivity contribution in [1.29, 1.82) is 0 Å². The minimum atomic E-state index is 0.814. The van der Waals surface area contributed by atoms with Crippen molar-refractivity contribution in [1.82, 2.24) is 0 Å². The summed E-state index contributed by atoms with van der Waals surface area (Å²) < 4.78 is 5.20. The van der Waals surface area contributed by atoms with Crippen LogP contribution in [0, 0.1) is 5.92 Å². The summed E-state index contributed by atoms with van der Waals surface area (Å²) in [6, 6.07) is 0. The molecule has 0 spiro atoms. The van der Waals surface area contributed by atoms with Gasteiger partial charge in [0.1, 0.15) is 0 Å². The molecule has 0 radical (unpaired) electrons. The van der Waals surface area contributed by atoms with Gasteiger partial charge in [-0.2, -0.15) is 0 Å². The van der Waals surface area contributed by atoms with Crippen LogP contribution in [0.25, 0.3) is 0 Å². The monoisotopic (exact) mass is 147 g/mol. The third-order valence-electron chi connectivity index (χ3n) is 1.67. The Hall–Kier alpha value is 0.270. The van der Waals surface area contributed by atoms with Gasteiger partial charge in [0.2, 0.25) is 0 Å².